The predicted molar refractivity (Wildman–Crippen MR) is 127 cm³/mol. The molecule has 1 heterocycles. The fourth-order valence-corrected chi connectivity index (χ4v) is 4.03. The van der Waals surface area contributed by atoms with E-state index in [-0.39, 0.29) is 22.6 Å². The predicted octanol–water partition coefficient (Wildman–Crippen LogP) is 6.57. The first kappa shape index (κ1) is 25.1. The van der Waals surface area contributed by atoms with E-state index >= 15 is 0 Å². The van der Waals surface area contributed by atoms with Crippen molar-refractivity contribution >= 4 is 34.3 Å². The Labute approximate surface area is 208 Å². The number of ether oxygens (including phenoxy) is 2. The number of ketones is 1. The zero-order valence-corrected chi connectivity index (χ0v) is 19.7. The monoisotopic (exact) mass is 517 g/mol. The van der Waals surface area contributed by atoms with Crippen molar-refractivity contribution in [1.82, 2.24) is 4.57 Å². The lowest BCUT2D eigenvalue weighted by Crippen LogP contribution is -2.22. The molecule has 0 fully saturated rings. The van der Waals surface area contributed by atoms with Crippen molar-refractivity contribution in [2.24, 2.45) is 0 Å². The van der Waals surface area contributed by atoms with Crippen LogP contribution in [-0.2, 0) is 4.79 Å². The Morgan fingerprint density at radius 1 is 1.00 bits per heavy atom. The van der Waals surface area contributed by atoms with E-state index in [1.165, 1.54) is 19.1 Å². The summed E-state index contributed by atoms with van der Waals surface area (Å²) in [4.78, 5) is 24.7. The van der Waals surface area contributed by atoms with E-state index in [0.29, 0.717) is 27.4 Å². The summed E-state index contributed by atoms with van der Waals surface area (Å²) < 4.78 is 49.9. The normalized spacial score (nSPS) is 12.4. The molecule has 1 N–H and O–H groups in total. The van der Waals surface area contributed by atoms with Crippen molar-refractivity contribution in [2.75, 3.05) is 0 Å². The largest absolute Gasteiger partial charge is 0.573 e. The number of aromatic nitrogens is 1. The molecule has 0 saturated heterocycles. The number of benzene rings is 3. The van der Waals surface area contributed by atoms with Gasteiger partial charge in [-0.05, 0) is 62.4 Å². The third-order valence-electron chi connectivity index (χ3n) is 5.48. The van der Waals surface area contributed by atoms with E-state index in [2.05, 4.69) is 4.74 Å². The number of hydrogen-bond donors (Lipinski definition) is 1. The van der Waals surface area contributed by atoms with Crippen molar-refractivity contribution in [3.8, 4) is 17.2 Å². The first-order valence-corrected chi connectivity index (χ1v) is 11.0. The van der Waals surface area contributed by atoms with Crippen LogP contribution in [0.15, 0.2) is 66.7 Å². The molecule has 0 aliphatic carbocycles. The molecule has 10 heteroatoms. The van der Waals surface area contributed by atoms with Gasteiger partial charge in [0.15, 0.2) is 11.9 Å². The number of carbonyl (C=O) groups is 2. The quantitative estimate of drug-likeness (QED) is 0.280. The number of carboxylic acid groups (broad SMARTS) is 1. The van der Waals surface area contributed by atoms with Gasteiger partial charge in [-0.1, -0.05) is 17.7 Å². The topological polar surface area (TPSA) is 77.8 Å². The second kappa shape index (κ2) is 9.58. The zero-order valence-electron chi connectivity index (χ0n) is 19.0. The van der Waals surface area contributed by atoms with Crippen molar-refractivity contribution in [2.45, 2.75) is 26.3 Å². The lowest BCUT2D eigenvalue weighted by molar-refractivity contribution is -0.274. The van der Waals surface area contributed by atoms with Gasteiger partial charge in [-0.3, -0.25) is 4.79 Å². The Balaban J connectivity index is 1.91. The summed E-state index contributed by atoms with van der Waals surface area (Å²) in [5, 5.41) is 10.0. The molecule has 0 aliphatic heterocycles. The number of nitrogens with zero attached hydrogens (tertiary/aromatic N) is 1. The first-order valence-electron chi connectivity index (χ1n) is 10.7. The standard InChI is InChI=1S/C26H19ClF3NO5/c1-14-23(24(32)16-6-8-17(27)9-7-16)21-11-10-20(36-26(28,29)30)13-22(21)31(14)18-4-3-5-19(12-18)35-15(2)25(33)34/h3-13,15H,1-2H3,(H,33,34). The van der Waals surface area contributed by atoms with Gasteiger partial charge in [0.2, 0.25) is 0 Å². The lowest BCUT2D eigenvalue weighted by Gasteiger charge is -2.14. The molecule has 3 aromatic carbocycles. The maximum atomic E-state index is 13.5. The molecule has 1 unspecified atom stereocenters. The summed E-state index contributed by atoms with van der Waals surface area (Å²) in [6.45, 7) is 3.04. The van der Waals surface area contributed by atoms with Gasteiger partial charge in [-0.2, -0.15) is 0 Å². The van der Waals surface area contributed by atoms with E-state index in [1.807, 2.05) is 0 Å². The summed E-state index contributed by atoms with van der Waals surface area (Å²) in [6, 6.07) is 16.4. The summed E-state index contributed by atoms with van der Waals surface area (Å²) in [6.07, 6.45) is -6.03. The smallest absolute Gasteiger partial charge is 0.479 e. The van der Waals surface area contributed by atoms with Crippen LogP contribution in [0.3, 0.4) is 0 Å². The van der Waals surface area contributed by atoms with Crippen LogP contribution in [0.4, 0.5) is 13.2 Å². The number of carbonyl (C=O) groups excluding carboxylic acids is 1. The molecule has 186 valence electrons. The van der Waals surface area contributed by atoms with Crippen molar-refractivity contribution < 1.29 is 37.3 Å². The molecule has 1 aromatic heterocycles. The maximum Gasteiger partial charge on any atom is 0.573 e. The van der Waals surface area contributed by atoms with Gasteiger partial charge in [-0.15, -0.1) is 13.2 Å². The number of carboxylic acids is 1. The van der Waals surface area contributed by atoms with Gasteiger partial charge < -0.3 is 19.1 Å². The van der Waals surface area contributed by atoms with Crippen LogP contribution in [-0.4, -0.2) is 33.9 Å². The molecule has 4 aromatic rings. The minimum Gasteiger partial charge on any atom is -0.479 e. The van der Waals surface area contributed by atoms with Crippen LogP contribution in [0.5, 0.6) is 11.5 Å². The molecule has 6 nitrogen and oxygen atoms in total. The zero-order chi connectivity index (χ0) is 26.2. The molecule has 0 radical (unpaired) electrons. The number of fused-ring (bicyclic) bond motifs is 1. The number of alkyl halides is 3. The number of rotatable bonds is 7. The molecule has 0 aliphatic rings. The van der Waals surface area contributed by atoms with Gasteiger partial charge in [0, 0.05) is 39.5 Å². The SMILES string of the molecule is Cc1c(C(=O)c2ccc(Cl)cc2)c2ccc(OC(F)(F)F)cc2n1-c1cccc(OC(C)C(=O)O)c1. The van der Waals surface area contributed by atoms with Gasteiger partial charge in [0.05, 0.1) is 11.1 Å². The average Bonchev–Trinajstić information content (AvgIpc) is 3.09. The number of halogens is 4. The minimum atomic E-state index is -4.90. The maximum absolute atomic E-state index is 13.5. The number of hydrogen-bond acceptors (Lipinski definition) is 4. The lowest BCUT2D eigenvalue weighted by atomic mass is 10.0. The van der Waals surface area contributed by atoms with E-state index in [0.717, 1.165) is 6.07 Å². The van der Waals surface area contributed by atoms with Gasteiger partial charge in [-0.25, -0.2) is 4.79 Å². The van der Waals surface area contributed by atoms with E-state index in [1.54, 1.807) is 60.0 Å². The van der Waals surface area contributed by atoms with Gasteiger partial charge >= 0.3 is 12.3 Å². The molecular formula is C26H19ClF3NO5. The molecule has 0 spiro atoms. The number of aliphatic carboxylic acids is 1. The highest BCUT2D eigenvalue weighted by Crippen LogP contribution is 2.35. The highest BCUT2D eigenvalue weighted by molar-refractivity contribution is 6.30. The Hall–Kier alpha value is -3.98. The summed E-state index contributed by atoms with van der Waals surface area (Å²) in [7, 11) is 0. The minimum absolute atomic E-state index is 0.233. The van der Waals surface area contributed by atoms with E-state index in [9.17, 15) is 22.8 Å². The third kappa shape index (κ3) is 5.16. The highest BCUT2D eigenvalue weighted by atomic mass is 35.5. The molecule has 4 rings (SSSR count). The van der Waals surface area contributed by atoms with Crippen LogP contribution in [0.2, 0.25) is 5.02 Å². The van der Waals surface area contributed by atoms with Crippen LogP contribution in [0.25, 0.3) is 16.6 Å². The molecule has 0 bridgehead atoms. The summed E-state index contributed by atoms with van der Waals surface area (Å²) >= 11 is 5.94. The molecule has 0 amide bonds. The Kier molecular flexibility index (Phi) is 6.69. The van der Waals surface area contributed by atoms with E-state index < -0.39 is 24.2 Å². The van der Waals surface area contributed by atoms with Crippen LogP contribution >= 0.6 is 11.6 Å². The molecule has 0 saturated carbocycles. The summed E-state index contributed by atoms with van der Waals surface area (Å²) in [5.74, 6) is -1.72. The van der Waals surface area contributed by atoms with Crippen molar-refractivity contribution in [1.29, 1.82) is 0 Å². The van der Waals surface area contributed by atoms with Gasteiger partial charge in [0.25, 0.3) is 0 Å². The molecular weight excluding hydrogens is 499 g/mol. The fourth-order valence-electron chi connectivity index (χ4n) is 3.91. The first-order chi connectivity index (χ1) is 16.9. The van der Waals surface area contributed by atoms with Crippen LogP contribution in [0.1, 0.15) is 28.5 Å². The summed E-state index contributed by atoms with van der Waals surface area (Å²) in [5.41, 5.74) is 1.83. The van der Waals surface area contributed by atoms with Crippen molar-refractivity contribution in [3.05, 3.63) is 88.6 Å². The highest BCUT2D eigenvalue weighted by Gasteiger charge is 2.32. The van der Waals surface area contributed by atoms with Crippen LogP contribution in [0, 0.1) is 6.92 Å². The van der Waals surface area contributed by atoms with Crippen molar-refractivity contribution in [3.63, 3.8) is 0 Å². The van der Waals surface area contributed by atoms with E-state index in [4.69, 9.17) is 21.4 Å². The molecule has 1 atom stereocenters. The van der Waals surface area contributed by atoms with Crippen LogP contribution < -0.4 is 9.47 Å². The fraction of sp³-hybridized carbons (Fsp3) is 0.154. The Bertz CT molecular complexity index is 1460. The average molecular weight is 518 g/mol. The second-order valence-corrected chi connectivity index (χ2v) is 8.39. The third-order valence-corrected chi connectivity index (χ3v) is 5.73. The Morgan fingerprint density at radius 3 is 2.33 bits per heavy atom. The Morgan fingerprint density at radius 2 is 1.69 bits per heavy atom. The second-order valence-electron chi connectivity index (χ2n) is 7.95. The molecule has 36 heavy (non-hydrogen) atoms. The van der Waals surface area contributed by atoms with Gasteiger partial charge in [0.1, 0.15) is 11.5 Å².